The summed E-state index contributed by atoms with van der Waals surface area (Å²) in [6.45, 7) is 0. The zero-order valence-corrected chi connectivity index (χ0v) is 6.17. The van der Waals surface area contributed by atoms with Crippen LogP contribution in [0.15, 0.2) is 12.4 Å². The first-order valence-electron chi connectivity index (χ1n) is 3.52. The van der Waals surface area contributed by atoms with Crippen LogP contribution < -0.4 is 0 Å². The van der Waals surface area contributed by atoms with E-state index >= 15 is 0 Å². The second kappa shape index (κ2) is 2.07. The molecule has 0 spiro atoms. The van der Waals surface area contributed by atoms with Crippen molar-refractivity contribution in [2.75, 3.05) is 0 Å². The van der Waals surface area contributed by atoms with Gasteiger partial charge in [0.25, 0.3) is 5.92 Å². The van der Waals surface area contributed by atoms with Gasteiger partial charge in [0.1, 0.15) is 6.04 Å². The summed E-state index contributed by atoms with van der Waals surface area (Å²) >= 11 is 0. The van der Waals surface area contributed by atoms with Gasteiger partial charge in [0.2, 0.25) is 0 Å². The number of rotatable bonds is 1. The monoisotopic (exact) mass is 168 g/mol. The molecule has 2 rings (SSSR count). The quantitative estimate of drug-likeness (QED) is 0.580. The summed E-state index contributed by atoms with van der Waals surface area (Å²) in [5.74, 6) is -0.256. The molecule has 0 radical (unpaired) electrons. The second-order valence-corrected chi connectivity index (χ2v) is 2.83. The van der Waals surface area contributed by atoms with Crippen molar-refractivity contribution in [3.8, 4) is 12.3 Å². The minimum atomic E-state index is -2.59. The third-order valence-corrected chi connectivity index (χ3v) is 1.88. The highest BCUT2D eigenvalue weighted by atomic mass is 19.3. The zero-order valence-electron chi connectivity index (χ0n) is 6.17. The van der Waals surface area contributed by atoms with Gasteiger partial charge in [0, 0.05) is 12.6 Å². The molecule has 1 aromatic heterocycles. The Bertz CT molecular complexity index is 348. The maximum atomic E-state index is 12.5. The summed E-state index contributed by atoms with van der Waals surface area (Å²) in [6, 6.07) is -0.778. The fourth-order valence-electron chi connectivity index (χ4n) is 1.07. The van der Waals surface area contributed by atoms with Crippen LogP contribution in [0.2, 0.25) is 0 Å². The molecule has 0 amide bonds. The van der Waals surface area contributed by atoms with Gasteiger partial charge in [-0.1, -0.05) is 5.92 Å². The predicted molar refractivity (Wildman–Crippen MR) is 38.8 cm³/mol. The third-order valence-electron chi connectivity index (χ3n) is 1.88. The molecule has 1 saturated carbocycles. The average Bonchev–Trinajstić information content (AvgIpc) is 2.52. The Morgan fingerprint density at radius 1 is 1.75 bits per heavy atom. The summed E-state index contributed by atoms with van der Waals surface area (Å²) < 4.78 is 26.2. The number of terminal acetylenes is 1. The van der Waals surface area contributed by atoms with Crippen LogP contribution in [0.25, 0.3) is 0 Å². The Hall–Kier alpha value is -1.37. The number of hydrogen-bond acceptors (Lipinski definition) is 1. The molecule has 1 unspecified atom stereocenters. The van der Waals surface area contributed by atoms with E-state index in [2.05, 4.69) is 11.0 Å². The standard InChI is InChI=1S/C8H6F2N2/c1-2-6-4-11-12(5-6)7-3-8(7,9)10/h1,4-5,7H,3H2. The Morgan fingerprint density at radius 2 is 2.42 bits per heavy atom. The molecule has 62 valence electrons. The molecule has 0 aliphatic heterocycles. The number of alkyl halides is 2. The summed E-state index contributed by atoms with van der Waals surface area (Å²) in [6.07, 6.45) is 7.81. The van der Waals surface area contributed by atoms with E-state index < -0.39 is 12.0 Å². The lowest BCUT2D eigenvalue weighted by Gasteiger charge is -1.96. The topological polar surface area (TPSA) is 17.8 Å². The van der Waals surface area contributed by atoms with Gasteiger partial charge in [-0.15, -0.1) is 6.42 Å². The number of nitrogens with zero attached hydrogens (tertiary/aromatic N) is 2. The van der Waals surface area contributed by atoms with E-state index in [9.17, 15) is 8.78 Å². The first kappa shape index (κ1) is 7.29. The largest absolute Gasteiger partial charge is 0.272 e. The van der Waals surface area contributed by atoms with Crippen molar-refractivity contribution in [1.82, 2.24) is 9.78 Å². The molecule has 0 bridgehead atoms. The lowest BCUT2D eigenvalue weighted by molar-refractivity contribution is 0.0983. The SMILES string of the molecule is C#Cc1cnn(C2CC2(F)F)c1. The minimum absolute atomic E-state index is 0.126. The molecular weight excluding hydrogens is 162 g/mol. The number of halogens is 2. The van der Waals surface area contributed by atoms with Crippen molar-refractivity contribution in [1.29, 1.82) is 0 Å². The van der Waals surface area contributed by atoms with Crippen molar-refractivity contribution < 1.29 is 8.78 Å². The van der Waals surface area contributed by atoms with Gasteiger partial charge in [-0.3, -0.25) is 4.68 Å². The molecule has 4 heteroatoms. The molecule has 1 aliphatic carbocycles. The molecule has 1 heterocycles. The smallest absolute Gasteiger partial charge is 0.262 e. The molecule has 0 N–H and O–H groups in total. The highest BCUT2D eigenvalue weighted by molar-refractivity contribution is 5.27. The maximum Gasteiger partial charge on any atom is 0.272 e. The molecule has 2 nitrogen and oxygen atoms in total. The van der Waals surface area contributed by atoms with Gasteiger partial charge in [-0.05, 0) is 0 Å². The Kier molecular flexibility index (Phi) is 1.26. The second-order valence-electron chi connectivity index (χ2n) is 2.83. The third kappa shape index (κ3) is 0.981. The lowest BCUT2D eigenvalue weighted by Crippen LogP contribution is -2.02. The van der Waals surface area contributed by atoms with Crippen LogP contribution in [0, 0.1) is 12.3 Å². The predicted octanol–water partition coefficient (Wildman–Crippen LogP) is 1.44. The van der Waals surface area contributed by atoms with Crippen LogP contribution in [0.4, 0.5) is 8.78 Å². The van der Waals surface area contributed by atoms with Gasteiger partial charge in [0.15, 0.2) is 0 Å². The number of hydrogen-bond donors (Lipinski definition) is 0. The molecule has 12 heavy (non-hydrogen) atoms. The van der Waals surface area contributed by atoms with Crippen molar-refractivity contribution in [3.63, 3.8) is 0 Å². The molecule has 0 aromatic carbocycles. The summed E-state index contributed by atoms with van der Waals surface area (Å²) in [5, 5.41) is 3.74. The summed E-state index contributed by atoms with van der Waals surface area (Å²) in [4.78, 5) is 0. The van der Waals surface area contributed by atoms with Crippen LogP contribution in [0.5, 0.6) is 0 Å². The van der Waals surface area contributed by atoms with Gasteiger partial charge in [0.05, 0.1) is 11.8 Å². The molecule has 1 aromatic rings. The van der Waals surface area contributed by atoms with Crippen molar-refractivity contribution in [2.45, 2.75) is 18.4 Å². The van der Waals surface area contributed by atoms with E-state index in [1.54, 1.807) is 0 Å². The van der Waals surface area contributed by atoms with Crippen LogP contribution in [-0.4, -0.2) is 15.7 Å². The van der Waals surface area contributed by atoms with E-state index in [-0.39, 0.29) is 6.42 Å². The Labute approximate surface area is 68.2 Å². The zero-order chi connectivity index (χ0) is 8.77. The molecule has 1 atom stereocenters. The van der Waals surface area contributed by atoms with Crippen LogP contribution in [0.3, 0.4) is 0 Å². The first-order chi connectivity index (χ1) is 5.63. The van der Waals surface area contributed by atoms with Crippen molar-refractivity contribution in [3.05, 3.63) is 18.0 Å². The van der Waals surface area contributed by atoms with Crippen LogP contribution >= 0.6 is 0 Å². The van der Waals surface area contributed by atoms with Gasteiger partial charge in [-0.2, -0.15) is 5.10 Å². The fourth-order valence-corrected chi connectivity index (χ4v) is 1.07. The number of aromatic nitrogens is 2. The Morgan fingerprint density at radius 3 is 2.83 bits per heavy atom. The van der Waals surface area contributed by atoms with Crippen molar-refractivity contribution >= 4 is 0 Å². The molecule has 0 saturated heterocycles. The van der Waals surface area contributed by atoms with Crippen LogP contribution in [-0.2, 0) is 0 Å². The minimum Gasteiger partial charge on any atom is -0.262 e. The van der Waals surface area contributed by atoms with E-state index in [0.29, 0.717) is 5.56 Å². The van der Waals surface area contributed by atoms with Gasteiger partial charge >= 0.3 is 0 Å². The highest BCUT2D eigenvalue weighted by Gasteiger charge is 2.59. The lowest BCUT2D eigenvalue weighted by atomic mass is 10.4. The molecular formula is C8H6F2N2. The Balaban J connectivity index is 2.22. The molecule has 1 fully saturated rings. The maximum absolute atomic E-state index is 12.5. The fraction of sp³-hybridized carbons (Fsp3) is 0.375. The van der Waals surface area contributed by atoms with E-state index in [0.717, 1.165) is 0 Å². The first-order valence-corrected chi connectivity index (χ1v) is 3.52. The average molecular weight is 168 g/mol. The van der Waals surface area contributed by atoms with E-state index in [4.69, 9.17) is 6.42 Å². The van der Waals surface area contributed by atoms with E-state index in [1.165, 1.54) is 17.1 Å². The van der Waals surface area contributed by atoms with E-state index in [1.807, 2.05) is 0 Å². The summed E-state index contributed by atoms with van der Waals surface area (Å²) in [7, 11) is 0. The van der Waals surface area contributed by atoms with Crippen LogP contribution in [0.1, 0.15) is 18.0 Å². The molecule has 1 aliphatic rings. The van der Waals surface area contributed by atoms with Gasteiger partial charge < -0.3 is 0 Å². The van der Waals surface area contributed by atoms with Gasteiger partial charge in [-0.25, -0.2) is 8.78 Å². The highest BCUT2D eigenvalue weighted by Crippen LogP contribution is 2.51. The summed E-state index contributed by atoms with van der Waals surface area (Å²) in [5.41, 5.74) is 0.540. The van der Waals surface area contributed by atoms with Crippen molar-refractivity contribution in [2.24, 2.45) is 0 Å². The normalized spacial score (nSPS) is 24.9.